The van der Waals surface area contributed by atoms with Crippen LogP contribution in [0.3, 0.4) is 0 Å². The molecule has 2 aromatic carbocycles. The van der Waals surface area contributed by atoms with Gasteiger partial charge in [0.25, 0.3) is 5.91 Å². The van der Waals surface area contributed by atoms with Crippen molar-refractivity contribution >= 4 is 23.2 Å². The molecule has 0 radical (unpaired) electrons. The highest BCUT2D eigenvalue weighted by atomic mass is 32.1. The number of benzene rings is 2. The molecule has 1 heterocycles. The standard InChI is InChI=1S/C22H21F2N3O2S/c1-2-21(28)27(12-16-5-9-18(24)10-6-16)13-20-26-19(14-30-20)22(29)25-11-15-3-7-17(23)8-4-15/h3-10,14H,2,11-13H2,1H3,(H,25,29). The van der Waals surface area contributed by atoms with Crippen molar-refractivity contribution in [3.8, 4) is 0 Å². The minimum absolute atomic E-state index is 0.0585. The first-order chi connectivity index (χ1) is 14.4. The maximum atomic E-state index is 13.1. The Labute approximate surface area is 177 Å². The lowest BCUT2D eigenvalue weighted by molar-refractivity contribution is -0.132. The molecule has 1 aromatic heterocycles. The van der Waals surface area contributed by atoms with Gasteiger partial charge in [-0.2, -0.15) is 0 Å². The molecule has 1 N–H and O–H groups in total. The summed E-state index contributed by atoms with van der Waals surface area (Å²) in [6, 6.07) is 11.9. The summed E-state index contributed by atoms with van der Waals surface area (Å²) >= 11 is 1.30. The first kappa shape index (κ1) is 21.6. The monoisotopic (exact) mass is 429 g/mol. The molecule has 0 aliphatic heterocycles. The number of carbonyl (C=O) groups excluding carboxylic acids is 2. The molecule has 156 valence electrons. The SMILES string of the molecule is CCC(=O)N(Cc1ccc(F)cc1)Cc1nc(C(=O)NCc2ccc(F)cc2)cs1. The first-order valence-corrected chi connectivity index (χ1v) is 10.3. The number of amides is 2. The number of nitrogens with one attached hydrogen (secondary N) is 1. The zero-order chi connectivity index (χ0) is 21.5. The number of rotatable bonds is 8. The fourth-order valence-electron chi connectivity index (χ4n) is 2.79. The Balaban J connectivity index is 1.62. The van der Waals surface area contributed by atoms with Crippen LogP contribution in [-0.4, -0.2) is 21.7 Å². The summed E-state index contributed by atoms with van der Waals surface area (Å²) < 4.78 is 26.1. The van der Waals surface area contributed by atoms with E-state index in [2.05, 4.69) is 10.3 Å². The second kappa shape index (κ2) is 10.1. The third-order valence-corrected chi connectivity index (χ3v) is 5.25. The molecule has 30 heavy (non-hydrogen) atoms. The van der Waals surface area contributed by atoms with Gasteiger partial charge in [0.05, 0.1) is 6.54 Å². The number of carbonyl (C=O) groups is 2. The Morgan fingerprint density at radius 3 is 2.17 bits per heavy atom. The fraction of sp³-hybridized carbons (Fsp3) is 0.227. The molecule has 0 bridgehead atoms. The zero-order valence-corrected chi connectivity index (χ0v) is 17.2. The van der Waals surface area contributed by atoms with E-state index in [-0.39, 0.29) is 42.2 Å². The van der Waals surface area contributed by atoms with Gasteiger partial charge in [0.2, 0.25) is 5.91 Å². The molecule has 0 aliphatic carbocycles. The van der Waals surface area contributed by atoms with E-state index in [0.29, 0.717) is 18.0 Å². The van der Waals surface area contributed by atoms with Crippen LogP contribution in [-0.2, 0) is 24.4 Å². The van der Waals surface area contributed by atoms with Crippen LogP contribution >= 0.6 is 11.3 Å². The lowest BCUT2D eigenvalue weighted by atomic mass is 10.2. The Morgan fingerprint density at radius 2 is 1.57 bits per heavy atom. The molecule has 0 spiro atoms. The van der Waals surface area contributed by atoms with Crippen LogP contribution in [0.1, 0.15) is 40.0 Å². The molecule has 3 rings (SSSR count). The van der Waals surface area contributed by atoms with Gasteiger partial charge in [-0.05, 0) is 35.4 Å². The molecule has 0 unspecified atom stereocenters. The van der Waals surface area contributed by atoms with Crippen molar-refractivity contribution in [3.05, 3.63) is 87.4 Å². The largest absolute Gasteiger partial charge is 0.347 e. The van der Waals surface area contributed by atoms with Crippen LogP contribution in [0.5, 0.6) is 0 Å². The zero-order valence-electron chi connectivity index (χ0n) is 16.4. The summed E-state index contributed by atoms with van der Waals surface area (Å²) in [5.74, 6) is -1.06. The van der Waals surface area contributed by atoms with E-state index in [0.717, 1.165) is 11.1 Å². The van der Waals surface area contributed by atoms with Gasteiger partial charge in [-0.25, -0.2) is 13.8 Å². The van der Waals surface area contributed by atoms with Crippen LogP contribution in [0.2, 0.25) is 0 Å². The predicted octanol–water partition coefficient (Wildman–Crippen LogP) is 4.29. The van der Waals surface area contributed by atoms with Crippen LogP contribution in [0, 0.1) is 11.6 Å². The summed E-state index contributed by atoms with van der Waals surface area (Å²) in [4.78, 5) is 30.6. The van der Waals surface area contributed by atoms with Crippen LogP contribution in [0.4, 0.5) is 8.78 Å². The lowest BCUT2D eigenvalue weighted by Gasteiger charge is -2.21. The van der Waals surface area contributed by atoms with E-state index >= 15 is 0 Å². The number of nitrogens with zero attached hydrogens (tertiary/aromatic N) is 2. The quantitative estimate of drug-likeness (QED) is 0.581. The molecule has 0 saturated carbocycles. The molecule has 3 aromatic rings. The van der Waals surface area contributed by atoms with Gasteiger partial charge < -0.3 is 10.2 Å². The Bertz CT molecular complexity index is 1000. The molecule has 0 fully saturated rings. The van der Waals surface area contributed by atoms with Crippen molar-refractivity contribution in [3.63, 3.8) is 0 Å². The van der Waals surface area contributed by atoms with Gasteiger partial charge in [-0.1, -0.05) is 31.2 Å². The third kappa shape index (κ3) is 5.93. The fourth-order valence-corrected chi connectivity index (χ4v) is 3.58. The second-order valence-electron chi connectivity index (χ2n) is 6.67. The summed E-state index contributed by atoms with van der Waals surface area (Å²) in [6.07, 6.45) is 0.331. The highest BCUT2D eigenvalue weighted by molar-refractivity contribution is 7.09. The summed E-state index contributed by atoms with van der Waals surface area (Å²) in [6.45, 7) is 2.63. The average Bonchev–Trinajstić information content (AvgIpc) is 3.22. The van der Waals surface area contributed by atoms with Crippen LogP contribution in [0.15, 0.2) is 53.9 Å². The highest BCUT2D eigenvalue weighted by Crippen LogP contribution is 2.16. The summed E-state index contributed by atoms with van der Waals surface area (Å²) in [5.41, 5.74) is 1.86. The smallest absolute Gasteiger partial charge is 0.271 e. The van der Waals surface area contributed by atoms with Gasteiger partial charge >= 0.3 is 0 Å². The summed E-state index contributed by atoms with van der Waals surface area (Å²) in [7, 11) is 0. The average molecular weight is 429 g/mol. The third-order valence-electron chi connectivity index (χ3n) is 4.42. The van der Waals surface area contributed by atoms with E-state index in [1.807, 2.05) is 0 Å². The first-order valence-electron chi connectivity index (χ1n) is 9.44. The molecular formula is C22H21F2N3O2S. The maximum absolute atomic E-state index is 13.1. The number of thiazole rings is 1. The van der Waals surface area contributed by atoms with Crippen LogP contribution < -0.4 is 5.32 Å². The van der Waals surface area contributed by atoms with E-state index in [4.69, 9.17) is 0 Å². The molecule has 0 aliphatic rings. The van der Waals surface area contributed by atoms with Crippen molar-refractivity contribution in [2.45, 2.75) is 33.0 Å². The highest BCUT2D eigenvalue weighted by Gasteiger charge is 2.17. The maximum Gasteiger partial charge on any atom is 0.271 e. The van der Waals surface area contributed by atoms with Gasteiger partial charge in [0.1, 0.15) is 22.3 Å². The van der Waals surface area contributed by atoms with E-state index in [9.17, 15) is 18.4 Å². The molecule has 5 nitrogen and oxygen atoms in total. The minimum atomic E-state index is -0.339. The lowest BCUT2D eigenvalue weighted by Crippen LogP contribution is -2.29. The number of aromatic nitrogens is 1. The molecule has 8 heteroatoms. The number of hydrogen-bond acceptors (Lipinski definition) is 4. The van der Waals surface area contributed by atoms with Crippen molar-refractivity contribution in [2.75, 3.05) is 0 Å². The molecule has 2 amide bonds. The van der Waals surface area contributed by atoms with E-state index in [1.54, 1.807) is 41.5 Å². The van der Waals surface area contributed by atoms with Crippen molar-refractivity contribution in [1.29, 1.82) is 0 Å². The number of hydrogen-bond donors (Lipinski definition) is 1. The number of halogens is 2. The Kier molecular flexibility index (Phi) is 7.24. The van der Waals surface area contributed by atoms with Gasteiger partial charge in [0.15, 0.2) is 0 Å². The minimum Gasteiger partial charge on any atom is -0.347 e. The van der Waals surface area contributed by atoms with Gasteiger partial charge in [-0.15, -0.1) is 11.3 Å². The van der Waals surface area contributed by atoms with E-state index in [1.165, 1.54) is 35.6 Å². The van der Waals surface area contributed by atoms with Crippen molar-refractivity contribution < 1.29 is 18.4 Å². The van der Waals surface area contributed by atoms with Crippen molar-refractivity contribution in [2.24, 2.45) is 0 Å². The second-order valence-corrected chi connectivity index (χ2v) is 7.61. The van der Waals surface area contributed by atoms with Crippen molar-refractivity contribution in [1.82, 2.24) is 15.2 Å². The molecule has 0 saturated heterocycles. The predicted molar refractivity (Wildman–Crippen MR) is 111 cm³/mol. The topological polar surface area (TPSA) is 62.3 Å². The molecule has 0 atom stereocenters. The van der Waals surface area contributed by atoms with Gasteiger partial charge in [-0.3, -0.25) is 9.59 Å². The van der Waals surface area contributed by atoms with Crippen LogP contribution in [0.25, 0.3) is 0 Å². The molecular weight excluding hydrogens is 408 g/mol. The Morgan fingerprint density at radius 1 is 0.967 bits per heavy atom. The van der Waals surface area contributed by atoms with Gasteiger partial charge in [0, 0.05) is 24.9 Å². The van der Waals surface area contributed by atoms with E-state index < -0.39 is 0 Å². The summed E-state index contributed by atoms with van der Waals surface area (Å²) in [5, 5.41) is 5.02. The Hall–Kier alpha value is -3.13. The normalized spacial score (nSPS) is 10.6.